The van der Waals surface area contributed by atoms with Gasteiger partial charge in [-0.2, -0.15) is 0 Å². The van der Waals surface area contributed by atoms with Gasteiger partial charge in [-0.3, -0.25) is 0 Å². The molecule has 1 atom stereocenters. The summed E-state index contributed by atoms with van der Waals surface area (Å²) in [7, 11) is -1.00. The van der Waals surface area contributed by atoms with Gasteiger partial charge in [0.15, 0.2) is 9.04 Å². The average molecular weight is 427 g/mol. The van der Waals surface area contributed by atoms with Crippen molar-refractivity contribution in [1.29, 1.82) is 0 Å². The van der Waals surface area contributed by atoms with Crippen LogP contribution in [0.15, 0.2) is 22.7 Å². The van der Waals surface area contributed by atoms with Gasteiger partial charge in [0.1, 0.15) is 4.11 Å². The third-order valence-electron chi connectivity index (χ3n) is 2.50. The maximum atomic E-state index is 5.98. The van der Waals surface area contributed by atoms with Crippen LogP contribution in [-0.2, 0) is 9.84 Å². The first-order valence-electron chi connectivity index (χ1n) is 5.81. The lowest BCUT2D eigenvalue weighted by atomic mass is 9.86. The van der Waals surface area contributed by atoms with Gasteiger partial charge in [0.2, 0.25) is 0 Å². The normalized spacial score (nSPS) is 14.1. The topological polar surface area (TPSA) is 9.23 Å². The molecule has 0 fully saturated rings. The highest BCUT2D eigenvalue weighted by Gasteiger charge is 2.19. The van der Waals surface area contributed by atoms with Crippen LogP contribution in [0, 0.1) is 0 Å². The van der Waals surface area contributed by atoms with Crippen LogP contribution in [0.4, 0.5) is 0 Å². The highest BCUT2D eigenvalue weighted by molar-refractivity contribution is 14.1. The molecule has 1 rings (SSSR count). The molecular formula is C13H20BrIOSi. The van der Waals surface area contributed by atoms with Gasteiger partial charge in [0.25, 0.3) is 0 Å². The second-order valence-corrected chi connectivity index (χ2v) is 9.84. The molecule has 0 amide bonds. The molecule has 0 saturated carbocycles. The first-order valence-corrected chi connectivity index (χ1v) is 10.6. The predicted octanol–water partition coefficient (Wildman–Crippen LogP) is 5.18. The van der Waals surface area contributed by atoms with E-state index in [1.807, 2.05) is 0 Å². The summed E-state index contributed by atoms with van der Waals surface area (Å²) in [5, 5.41) is 0. The van der Waals surface area contributed by atoms with Gasteiger partial charge >= 0.3 is 0 Å². The van der Waals surface area contributed by atoms with E-state index in [2.05, 4.69) is 90.6 Å². The molecule has 17 heavy (non-hydrogen) atoms. The van der Waals surface area contributed by atoms with Crippen molar-refractivity contribution < 1.29 is 4.43 Å². The van der Waals surface area contributed by atoms with Gasteiger partial charge in [-0.05, 0) is 52.7 Å². The molecule has 0 N–H and O–H groups in total. The molecule has 0 radical (unpaired) electrons. The van der Waals surface area contributed by atoms with Crippen molar-refractivity contribution in [2.75, 3.05) is 0 Å². The highest BCUT2D eigenvalue weighted by atomic mass is 127. The molecular weight excluding hydrogens is 407 g/mol. The Morgan fingerprint density at radius 3 is 2.35 bits per heavy atom. The van der Waals surface area contributed by atoms with E-state index in [1.54, 1.807) is 0 Å². The van der Waals surface area contributed by atoms with E-state index in [1.165, 1.54) is 11.1 Å². The Hall–Kier alpha value is 0.607. The molecule has 1 nitrogen and oxygen atoms in total. The van der Waals surface area contributed by atoms with Crippen LogP contribution in [-0.4, -0.2) is 9.04 Å². The maximum absolute atomic E-state index is 5.98. The molecule has 96 valence electrons. The van der Waals surface area contributed by atoms with Crippen LogP contribution in [0.3, 0.4) is 0 Å². The van der Waals surface area contributed by atoms with Crippen molar-refractivity contribution in [3.8, 4) is 0 Å². The SMILES string of the molecule is C[SiH](C)OC(I)c1cc(C(C)(C)C)ccc1Br. The molecule has 0 heterocycles. The summed E-state index contributed by atoms with van der Waals surface area (Å²) in [6.07, 6.45) is 0. The van der Waals surface area contributed by atoms with Crippen molar-refractivity contribution in [2.24, 2.45) is 0 Å². The van der Waals surface area contributed by atoms with Crippen LogP contribution < -0.4 is 0 Å². The zero-order chi connectivity index (χ0) is 13.2. The van der Waals surface area contributed by atoms with Gasteiger partial charge in [-0.1, -0.05) is 48.8 Å². The zero-order valence-corrected chi connectivity index (χ0v) is 15.9. The summed E-state index contributed by atoms with van der Waals surface area (Å²) in [6, 6.07) is 6.58. The zero-order valence-electron chi connectivity index (χ0n) is 11.1. The molecule has 0 spiro atoms. The quantitative estimate of drug-likeness (QED) is 0.367. The van der Waals surface area contributed by atoms with Gasteiger partial charge in [-0.25, -0.2) is 0 Å². The summed E-state index contributed by atoms with van der Waals surface area (Å²) in [4.78, 5) is 0. The van der Waals surface area contributed by atoms with E-state index in [9.17, 15) is 0 Å². The first-order chi connectivity index (χ1) is 7.71. The molecule has 0 saturated heterocycles. The van der Waals surface area contributed by atoms with Crippen molar-refractivity contribution >= 4 is 47.6 Å². The molecule has 0 aromatic heterocycles. The lowest BCUT2D eigenvalue weighted by Gasteiger charge is -2.23. The minimum absolute atomic E-state index is 0.149. The van der Waals surface area contributed by atoms with Gasteiger partial charge in [-0.15, -0.1) is 0 Å². The second-order valence-electron chi connectivity index (χ2n) is 5.49. The number of rotatable bonds is 3. The number of halogens is 2. The van der Waals surface area contributed by atoms with E-state index >= 15 is 0 Å². The van der Waals surface area contributed by atoms with Crippen LogP contribution in [0.25, 0.3) is 0 Å². The summed E-state index contributed by atoms with van der Waals surface area (Å²) in [6.45, 7) is 11.1. The van der Waals surface area contributed by atoms with E-state index in [0.717, 1.165) is 4.47 Å². The molecule has 4 heteroatoms. The number of benzene rings is 1. The van der Waals surface area contributed by atoms with Gasteiger partial charge in [0.05, 0.1) is 0 Å². The Morgan fingerprint density at radius 2 is 1.88 bits per heavy atom. The van der Waals surface area contributed by atoms with Crippen LogP contribution in [0.5, 0.6) is 0 Å². The number of alkyl halides is 1. The fraction of sp³-hybridized carbons (Fsp3) is 0.538. The molecule has 0 aliphatic heterocycles. The fourth-order valence-corrected chi connectivity index (χ4v) is 5.28. The minimum atomic E-state index is -1.00. The first kappa shape index (κ1) is 15.7. The van der Waals surface area contributed by atoms with E-state index in [-0.39, 0.29) is 9.53 Å². The molecule has 1 unspecified atom stereocenters. The summed E-state index contributed by atoms with van der Waals surface area (Å²) >= 11 is 5.99. The Balaban J connectivity index is 3.06. The van der Waals surface area contributed by atoms with Gasteiger partial charge < -0.3 is 4.43 Å². The molecule has 0 bridgehead atoms. The van der Waals surface area contributed by atoms with Crippen molar-refractivity contribution in [3.05, 3.63) is 33.8 Å². The highest BCUT2D eigenvalue weighted by Crippen LogP contribution is 2.35. The number of hydrogen-bond donors (Lipinski definition) is 0. The van der Waals surface area contributed by atoms with E-state index in [0.29, 0.717) is 0 Å². The Morgan fingerprint density at radius 1 is 1.29 bits per heavy atom. The van der Waals surface area contributed by atoms with Crippen LogP contribution in [0.2, 0.25) is 13.1 Å². The third-order valence-corrected chi connectivity index (χ3v) is 5.56. The largest absolute Gasteiger partial charge is 0.405 e. The Kier molecular flexibility index (Phi) is 5.68. The Labute approximate surface area is 128 Å². The van der Waals surface area contributed by atoms with Gasteiger partial charge in [0, 0.05) is 10.0 Å². The van der Waals surface area contributed by atoms with Crippen molar-refractivity contribution in [1.82, 2.24) is 0 Å². The fourth-order valence-electron chi connectivity index (χ4n) is 1.50. The predicted molar refractivity (Wildman–Crippen MR) is 89.6 cm³/mol. The van der Waals surface area contributed by atoms with Crippen LogP contribution >= 0.6 is 38.5 Å². The standard InChI is InChI=1S/C13H20BrIOSi/c1-13(2,3)9-6-7-11(14)10(8-9)12(15)16-17(4)5/h6-8,12,17H,1-5H3. The van der Waals surface area contributed by atoms with E-state index in [4.69, 9.17) is 4.43 Å². The van der Waals surface area contributed by atoms with Crippen molar-refractivity contribution in [2.45, 2.75) is 43.4 Å². The van der Waals surface area contributed by atoms with E-state index < -0.39 is 9.04 Å². The lowest BCUT2D eigenvalue weighted by molar-refractivity contribution is 0.318. The molecule has 1 aromatic rings. The number of hydrogen-bond acceptors (Lipinski definition) is 1. The third kappa shape index (κ3) is 4.65. The minimum Gasteiger partial charge on any atom is -0.405 e. The summed E-state index contributed by atoms with van der Waals surface area (Å²) < 4.78 is 7.27. The monoisotopic (exact) mass is 426 g/mol. The Bertz CT molecular complexity index is 387. The maximum Gasteiger partial charge on any atom is 0.172 e. The summed E-state index contributed by atoms with van der Waals surface area (Å²) in [5.41, 5.74) is 2.78. The average Bonchev–Trinajstić information content (AvgIpc) is 2.15. The second kappa shape index (κ2) is 6.17. The summed E-state index contributed by atoms with van der Waals surface area (Å²) in [5.74, 6) is 0. The van der Waals surface area contributed by atoms with Crippen LogP contribution in [0.1, 0.15) is 36.0 Å². The molecule has 0 aliphatic carbocycles. The molecule has 0 aliphatic rings. The molecule has 1 aromatic carbocycles. The lowest BCUT2D eigenvalue weighted by Crippen LogP contribution is -2.14. The smallest absolute Gasteiger partial charge is 0.172 e. The van der Waals surface area contributed by atoms with Crippen molar-refractivity contribution in [3.63, 3.8) is 0 Å².